The number of carbonyl (C=O) groups excluding carboxylic acids is 1. The van der Waals surface area contributed by atoms with Crippen LogP contribution in [-0.2, 0) is 22.9 Å². The molecule has 0 aliphatic heterocycles. The molecule has 23 heavy (non-hydrogen) atoms. The molecular formula is C16H18F3N3O. The number of anilines is 1. The largest absolute Gasteiger partial charge is 0.435 e. The lowest BCUT2D eigenvalue weighted by Crippen LogP contribution is -2.20. The molecule has 124 valence electrons. The molecule has 7 heteroatoms. The van der Waals surface area contributed by atoms with Crippen molar-refractivity contribution in [3.05, 3.63) is 47.8 Å². The third-order valence-corrected chi connectivity index (χ3v) is 3.27. The molecular weight excluding hydrogens is 307 g/mol. The molecule has 0 bridgehead atoms. The summed E-state index contributed by atoms with van der Waals surface area (Å²) in [6.45, 7) is 5.96. The lowest BCUT2D eigenvalue weighted by Gasteiger charge is -2.19. The highest BCUT2D eigenvalue weighted by atomic mass is 19.4. The second-order valence-electron chi connectivity index (χ2n) is 6.27. The van der Waals surface area contributed by atoms with Gasteiger partial charge < -0.3 is 5.32 Å². The van der Waals surface area contributed by atoms with E-state index in [4.69, 9.17) is 0 Å². The van der Waals surface area contributed by atoms with Crippen molar-refractivity contribution >= 4 is 11.6 Å². The number of hydrogen-bond acceptors (Lipinski definition) is 2. The van der Waals surface area contributed by atoms with Gasteiger partial charge in [0.2, 0.25) is 5.91 Å². The third kappa shape index (κ3) is 4.58. The van der Waals surface area contributed by atoms with Crippen molar-refractivity contribution in [3.8, 4) is 0 Å². The molecule has 0 saturated carbocycles. The van der Waals surface area contributed by atoms with Crippen LogP contribution in [0.2, 0.25) is 0 Å². The smallest absolute Gasteiger partial charge is 0.324 e. The lowest BCUT2D eigenvalue weighted by molar-refractivity contribution is -0.141. The van der Waals surface area contributed by atoms with E-state index in [1.165, 1.54) is 0 Å². The molecule has 0 unspecified atom stereocenters. The summed E-state index contributed by atoms with van der Waals surface area (Å²) in [5, 5.41) is 5.98. The minimum absolute atomic E-state index is 0.00555. The van der Waals surface area contributed by atoms with Crippen molar-refractivity contribution < 1.29 is 18.0 Å². The maximum absolute atomic E-state index is 12.4. The predicted octanol–water partition coefficient (Wildman–Crippen LogP) is 3.84. The summed E-state index contributed by atoms with van der Waals surface area (Å²) in [6, 6.07) is 8.19. The van der Waals surface area contributed by atoms with Crippen LogP contribution in [0.1, 0.15) is 32.0 Å². The van der Waals surface area contributed by atoms with Gasteiger partial charge in [-0.25, -0.2) is 0 Å². The number of alkyl halides is 3. The fourth-order valence-electron chi connectivity index (χ4n) is 2.00. The first kappa shape index (κ1) is 17.1. The van der Waals surface area contributed by atoms with Gasteiger partial charge in [-0.05, 0) is 29.2 Å². The lowest BCUT2D eigenvalue weighted by atomic mass is 9.87. The van der Waals surface area contributed by atoms with Gasteiger partial charge >= 0.3 is 6.18 Å². The fourth-order valence-corrected chi connectivity index (χ4v) is 2.00. The molecule has 2 aromatic rings. The van der Waals surface area contributed by atoms with Crippen LogP contribution in [0.3, 0.4) is 0 Å². The molecule has 1 amide bonds. The summed E-state index contributed by atoms with van der Waals surface area (Å²) in [6.07, 6.45) is -3.38. The summed E-state index contributed by atoms with van der Waals surface area (Å²) in [7, 11) is 0. The maximum Gasteiger partial charge on any atom is 0.435 e. The Balaban J connectivity index is 1.98. The molecule has 0 spiro atoms. The van der Waals surface area contributed by atoms with Crippen molar-refractivity contribution in [2.75, 3.05) is 5.32 Å². The van der Waals surface area contributed by atoms with Crippen LogP contribution in [0.4, 0.5) is 18.9 Å². The molecule has 0 aliphatic carbocycles. The maximum atomic E-state index is 12.4. The number of hydrogen-bond donors (Lipinski definition) is 1. The number of carbonyl (C=O) groups is 1. The molecule has 4 nitrogen and oxygen atoms in total. The Bertz CT molecular complexity index is 682. The van der Waals surface area contributed by atoms with Gasteiger partial charge in [0.05, 0.1) is 0 Å². The number of amides is 1. The van der Waals surface area contributed by atoms with Gasteiger partial charge in [0.25, 0.3) is 0 Å². The second kappa shape index (κ2) is 6.06. The fraction of sp³-hybridized carbons (Fsp3) is 0.375. The van der Waals surface area contributed by atoms with Crippen LogP contribution < -0.4 is 5.32 Å². The van der Waals surface area contributed by atoms with Crippen LogP contribution in [0.15, 0.2) is 36.5 Å². The molecule has 1 heterocycles. The average molecular weight is 325 g/mol. The van der Waals surface area contributed by atoms with Gasteiger partial charge in [0.1, 0.15) is 6.54 Å². The Hall–Kier alpha value is -2.31. The highest BCUT2D eigenvalue weighted by molar-refractivity contribution is 5.90. The highest BCUT2D eigenvalue weighted by Gasteiger charge is 2.33. The van der Waals surface area contributed by atoms with E-state index in [-0.39, 0.29) is 12.0 Å². The Morgan fingerprint density at radius 1 is 1.13 bits per heavy atom. The van der Waals surface area contributed by atoms with Crippen molar-refractivity contribution in [3.63, 3.8) is 0 Å². The molecule has 1 aromatic carbocycles. The van der Waals surface area contributed by atoms with Crippen LogP contribution in [0.5, 0.6) is 0 Å². The van der Waals surface area contributed by atoms with Crippen molar-refractivity contribution in [1.29, 1.82) is 0 Å². The van der Waals surface area contributed by atoms with E-state index in [9.17, 15) is 18.0 Å². The standard InChI is InChI=1S/C16H18F3N3O/c1-15(2,3)11-4-6-12(7-5-11)20-14(23)10-22-9-8-13(21-22)16(17,18)19/h4-9H,10H2,1-3H3,(H,20,23). The van der Waals surface area contributed by atoms with Crippen LogP contribution in [-0.4, -0.2) is 15.7 Å². The monoisotopic (exact) mass is 325 g/mol. The number of aromatic nitrogens is 2. The number of benzene rings is 1. The van der Waals surface area contributed by atoms with E-state index >= 15 is 0 Å². The third-order valence-electron chi connectivity index (χ3n) is 3.27. The molecule has 0 fully saturated rings. The van der Waals surface area contributed by atoms with Crippen LogP contribution in [0, 0.1) is 0 Å². The molecule has 1 aromatic heterocycles. The number of nitrogens with zero attached hydrogens (tertiary/aromatic N) is 2. The van der Waals surface area contributed by atoms with E-state index in [2.05, 4.69) is 31.2 Å². The van der Waals surface area contributed by atoms with Gasteiger partial charge in [-0.15, -0.1) is 0 Å². The number of nitrogens with one attached hydrogen (secondary N) is 1. The van der Waals surface area contributed by atoms with Crippen molar-refractivity contribution in [2.45, 2.75) is 38.9 Å². The minimum atomic E-state index is -4.51. The summed E-state index contributed by atoms with van der Waals surface area (Å²) < 4.78 is 38.3. The predicted molar refractivity (Wildman–Crippen MR) is 81.0 cm³/mol. The quantitative estimate of drug-likeness (QED) is 0.932. The van der Waals surface area contributed by atoms with Crippen molar-refractivity contribution in [2.24, 2.45) is 0 Å². The molecule has 0 radical (unpaired) electrons. The Morgan fingerprint density at radius 2 is 1.74 bits per heavy atom. The van der Waals surface area contributed by atoms with Gasteiger partial charge in [-0.2, -0.15) is 18.3 Å². The number of halogens is 3. The SMILES string of the molecule is CC(C)(C)c1ccc(NC(=O)Cn2ccc(C(F)(F)F)n2)cc1. The average Bonchev–Trinajstić information content (AvgIpc) is 2.86. The Labute approximate surface area is 132 Å². The van der Waals surface area contributed by atoms with Gasteiger partial charge in [-0.3, -0.25) is 9.48 Å². The van der Waals surface area contributed by atoms with Gasteiger partial charge in [0.15, 0.2) is 5.69 Å². The first-order chi connectivity index (χ1) is 10.6. The molecule has 1 N–H and O–H groups in total. The molecule has 0 aliphatic rings. The van der Waals surface area contributed by atoms with Gasteiger partial charge in [-0.1, -0.05) is 32.9 Å². The van der Waals surface area contributed by atoms with Crippen LogP contribution in [0.25, 0.3) is 0 Å². The first-order valence-electron chi connectivity index (χ1n) is 7.07. The first-order valence-corrected chi connectivity index (χ1v) is 7.07. The Kier molecular flexibility index (Phi) is 4.49. The molecule has 0 atom stereocenters. The topological polar surface area (TPSA) is 46.9 Å². The van der Waals surface area contributed by atoms with Crippen LogP contribution >= 0.6 is 0 Å². The zero-order valence-corrected chi connectivity index (χ0v) is 13.1. The highest BCUT2D eigenvalue weighted by Crippen LogP contribution is 2.27. The van der Waals surface area contributed by atoms with Gasteiger partial charge in [0, 0.05) is 11.9 Å². The summed E-state index contributed by atoms with van der Waals surface area (Å²) in [5.41, 5.74) is 0.703. The van der Waals surface area contributed by atoms with E-state index < -0.39 is 17.8 Å². The normalized spacial score (nSPS) is 12.3. The summed E-state index contributed by atoms with van der Waals surface area (Å²) in [5.74, 6) is -0.440. The van der Waals surface area contributed by atoms with E-state index in [0.717, 1.165) is 22.5 Å². The molecule has 2 rings (SSSR count). The second-order valence-corrected chi connectivity index (χ2v) is 6.27. The zero-order valence-electron chi connectivity index (χ0n) is 13.1. The zero-order chi connectivity index (χ0) is 17.3. The van der Waals surface area contributed by atoms with E-state index in [1.807, 2.05) is 12.1 Å². The van der Waals surface area contributed by atoms with E-state index in [0.29, 0.717) is 5.69 Å². The number of rotatable bonds is 3. The summed E-state index contributed by atoms with van der Waals surface area (Å²) >= 11 is 0. The molecule has 0 saturated heterocycles. The van der Waals surface area contributed by atoms with E-state index in [1.54, 1.807) is 12.1 Å². The Morgan fingerprint density at radius 3 is 2.22 bits per heavy atom. The van der Waals surface area contributed by atoms with Crippen molar-refractivity contribution in [1.82, 2.24) is 9.78 Å². The summed E-state index contributed by atoms with van der Waals surface area (Å²) in [4.78, 5) is 11.9. The minimum Gasteiger partial charge on any atom is -0.324 e.